The van der Waals surface area contributed by atoms with Gasteiger partial charge >= 0.3 is 0 Å². The van der Waals surface area contributed by atoms with Gasteiger partial charge in [-0.3, -0.25) is 0 Å². The highest BCUT2D eigenvalue weighted by Crippen LogP contribution is 2.36. The van der Waals surface area contributed by atoms with E-state index in [1.165, 1.54) is 10.8 Å². The summed E-state index contributed by atoms with van der Waals surface area (Å²) >= 11 is 8.51. The van der Waals surface area contributed by atoms with Gasteiger partial charge in [0, 0.05) is 10.6 Å². The number of rotatable bonds is 6. The quantitative estimate of drug-likeness (QED) is 0.140. The van der Waals surface area contributed by atoms with Crippen molar-refractivity contribution in [1.82, 2.24) is 0 Å². The molecule has 0 aliphatic rings. The summed E-state index contributed by atoms with van der Waals surface area (Å²) in [6, 6.07) is 27.9. The van der Waals surface area contributed by atoms with Crippen molar-refractivity contribution >= 4 is 56.6 Å². The molecule has 0 saturated heterocycles. The third-order valence-corrected chi connectivity index (χ3v) is 6.18. The van der Waals surface area contributed by atoms with Gasteiger partial charge in [0.2, 0.25) is 0 Å². The standard InChI is InChI=1S/C27H19ClINO2/c1-31-26-15-19(13-22(16-30)23-8-4-5-9-24(23)28)14-25(29)27(26)32-17-18-10-11-20-6-2-3-7-21(20)12-18/h2-15H,17H2,1H3. The molecule has 0 aliphatic carbocycles. The number of hydrogen-bond donors (Lipinski definition) is 0. The van der Waals surface area contributed by atoms with Crippen molar-refractivity contribution in [2.24, 2.45) is 0 Å². The molecule has 4 aromatic rings. The second-order valence-corrected chi connectivity index (χ2v) is 8.72. The average Bonchev–Trinajstić information content (AvgIpc) is 2.82. The molecule has 0 aromatic heterocycles. The highest BCUT2D eigenvalue weighted by Gasteiger charge is 2.13. The Kier molecular flexibility index (Phi) is 6.99. The summed E-state index contributed by atoms with van der Waals surface area (Å²) in [6.07, 6.45) is 1.80. The first-order valence-corrected chi connectivity index (χ1v) is 11.4. The van der Waals surface area contributed by atoms with E-state index in [1.54, 1.807) is 19.3 Å². The highest BCUT2D eigenvalue weighted by atomic mass is 127. The van der Waals surface area contributed by atoms with Crippen LogP contribution in [0, 0.1) is 14.9 Å². The van der Waals surface area contributed by atoms with E-state index in [0.717, 1.165) is 14.7 Å². The van der Waals surface area contributed by atoms with Gasteiger partial charge in [0.15, 0.2) is 11.5 Å². The number of nitriles is 1. The Morgan fingerprint density at radius 3 is 2.50 bits per heavy atom. The maximum absolute atomic E-state index is 9.67. The summed E-state index contributed by atoms with van der Waals surface area (Å²) in [5, 5.41) is 12.6. The zero-order valence-corrected chi connectivity index (χ0v) is 20.2. The number of fused-ring (bicyclic) bond motifs is 1. The molecule has 0 fully saturated rings. The maximum atomic E-state index is 9.67. The molecule has 0 radical (unpaired) electrons. The summed E-state index contributed by atoms with van der Waals surface area (Å²) in [5.41, 5.74) is 3.09. The average molecular weight is 552 g/mol. The predicted molar refractivity (Wildman–Crippen MR) is 139 cm³/mol. The van der Waals surface area contributed by atoms with E-state index in [4.69, 9.17) is 21.1 Å². The lowest BCUT2D eigenvalue weighted by molar-refractivity contribution is 0.282. The van der Waals surface area contributed by atoms with Gasteiger partial charge < -0.3 is 9.47 Å². The molecule has 4 aromatic carbocycles. The van der Waals surface area contributed by atoms with Crippen LogP contribution in [0.2, 0.25) is 5.02 Å². The van der Waals surface area contributed by atoms with E-state index in [1.807, 2.05) is 42.5 Å². The lowest BCUT2D eigenvalue weighted by Crippen LogP contribution is -2.00. The van der Waals surface area contributed by atoms with E-state index in [-0.39, 0.29) is 0 Å². The van der Waals surface area contributed by atoms with Gasteiger partial charge in [-0.15, -0.1) is 0 Å². The zero-order chi connectivity index (χ0) is 22.5. The van der Waals surface area contributed by atoms with Crippen molar-refractivity contribution in [3.63, 3.8) is 0 Å². The molecule has 5 heteroatoms. The SMILES string of the molecule is COc1cc(C=C(C#N)c2ccccc2Cl)cc(I)c1OCc1ccc2ccccc2c1. The van der Waals surface area contributed by atoms with Crippen LogP contribution in [0.25, 0.3) is 22.4 Å². The number of hydrogen-bond acceptors (Lipinski definition) is 3. The van der Waals surface area contributed by atoms with Gasteiger partial charge in [0.05, 0.1) is 22.3 Å². The molecule has 0 heterocycles. The van der Waals surface area contributed by atoms with E-state index < -0.39 is 0 Å². The first-order valence-electron chi connectivity index (χ1n) is 9.94. The topological polar surface area (TPSA) is 42.2 Å². The van der Waals surface area contributed by atoms with Crippen molar-refractivity contribution in [2.75, 3.05) is 7.11 Å². The van der Waals surface area contributed by atoms with Crippen LogP contribution >= 0.6 is 34.2 Å². The van der Waals surface area contributed by atoms with Crippen LogP contribution in [0.5, 0.6) is 11.5 Å². The minimum Gasteiger partial charge on any atom is -0.493 e. The van der Waals surface area contributed by atoms with Crippen LogP contribution < -0.4 is 9.47 Å². The fraction of sp³-hybridized carbons (Fsp3) is 0.0741. The van der Waals surface area contributed by atoms with E-state index in [0.29, 0.717) is 34.3 Å². The van der Waals surface area contributed by atoms with Crippen molar-refractivity contribution in [3.05, 3.63) is 104 Å². The first kappa shape index (κ1) is 22.2. The van der Waals surface area contributed by atoms with Crippen LogP contribution in [0.15, 0.2) is 78.9 Å². The number of benzene rings is 4. The number of methoxy groups -OCH3 is 1. The summed E-state index contributed by atoms with van der Waals surface area (Å²) in [5.74, 6) is 1.29. The Hall–Kier alpha value is -3.01. The number of halogens is 2. The molecule has 3 nitrogen and oxygen atoms in total. The van der Waals surface area contributed by atoms with Gasteiger partial charge in [0.1, 0.15) is 6.61 Å². The highest BCUT2D eigenvalue weighted by molar-refractivity contribution is 14.1. The van der Waals surface area contributed by atoms with Gasteiger partial charge in [0.25, 0.3) is 0 Å². The van der Waals surface area contributed by atoms with Crippen LogP contribution in [0.1, 0.15) is 16.7 Å². The van der Waals surface area contributed by atoms with E-state index in [2.05, 4.69) is 59.0 Å². The van der Waals surface area contributed by atoms with Crippen molar-refractivity contribution < 1.29 is 9.47 Å². The lowest BCUT2D eigenvalue weighted by Gasteiger charge is -2.14. The van der Waals surface area contributed by atoms with Crippen LogP contribution in [-0.4, -0.2) is 7.11 Å². The van der Waals surface area contributed by atoms with E-state index in [9.17, 15) is 5.26 Å². The molecule has 0 atom stereocenters. The number of ether oxygens (including phenoxy) is 2. The smallest absolute Gasteiger partial charge is 0.174 e. The second kappa shape index (κ2) is 10.1. The second-order valence-electron chi connectivity index (χ2n) is 7.15. The maximum Gasteiger partial charge on any atom is 0.174 e. The van der Waals surface area contributed by atoms with Crippen LogP contribution in [0.4, 0.5) is 0 Å². The number of allylic oxidation sites excluding steroid dienone is 1. The monoisotopic (exact) mass is 551 g/mol. The Morgan fingerprint density at radius 1 is 1.00 bits per heavy atom. The van der Waals surface area contributed by atoms with Gasteiger partial charge in [-0.05, 0) is 74.8 Å². The van der Waals surface area contributed by atoms with Crippen LogP contribution in [0.3, 0.4) is 0 Å². The Morgan fingerprint density at radius 2 is 1.75 bits per heavy atom. The van der Waals surface area contributed by atoms with E-state index >= 15 is 0 Å². The van der Waals surface area contributed by atoms with Crippen molar-refractivity contribution in [2.45, 2.75) is 6.61 Å². The van der Waals surface area contributed by atoms with Crippen molar-refractivity contribution in [3.8, 4) is 17.6 Å². The molecule has 4 rings (SSSR count). The molecule has 0 N–H and O–H groups in total. The molecule has 0 amide bonds. The fourth-order valence-electron chi connectivity index (χ4n) is 3.46. The van der Waals surface area contributed by atoms with Gasteiger partial charge in [-0.1, -0.05) is 66.2 Å². The summed E-state index contributed by atoms with van der Waals surface area (Å²) in [4.78, 5) is 0. The number of nitrogens with zero attached hydrogens (tertiary/aromatic N) is 1. The zero-order valence-electron chi connectivity index (χ0n) is 17.3. The summed E-state index contributed by atoms with van der Waals surface area (Å²) < 4.78 is 12.6. The first-order chi connectivity index (χ1) is 15.6. The molecule has 158 valence electrons. The summed E-state index contributed by atoms with van der Waals surface area (Å²) in [7, 11) is 1.61. The summed E-state index contributed by atoms with van der Waals surface area (Å²) in [6.45, 7) is 0.426. The normalized spacial score (nSPS) is 11.2. The Balaban J connectivity index is 1.61. The third kappa shape index (κ3) is 4.90. The van der Waals surface area contributed by atoms with Crippen molar-refractivity contribution in [1.29, 1.82) is 5.26 Å². The Bertz CT molecular complexity index is 1360. The molecule has 0 unspecified atom stereocenters. The molecule has 0 spiro atoms. The fourth-order valence-corrected chi connectivity index (χ4v) is 4.48. The Labute approximate surface area is 206 Å². The molecular formula is C27H19ClINO2. The van der Waals surface area contributed by atoms with Gasteiger partial charge in [-0.25, -0.2) is 0 Å². The molecule has 0 bridgehead atoms. The lowest BCUT2D eigenvalue weighted by atomic mass is 10.0. The predicted octanol–water partition coefficient (Wildman–Crippen LogP) is 7.75. The largest absolute Gasteiger partial charge is 0.493 e. The minimum atomic E-state index is 0.426. The molecular weight excluding hydrogens is 533 g/mol. The minimum absolute atomic E-state index is 0.426. The van der Waals surface area contributed by atoms with Crippen LogP contribution in [-0.2, 0) is 6.61 Å². The molecule has 0 saturated carbocycles. The van der Waals surface area contributed by atoms with Gasteiger partial charge in [-0.2, -0.15) is 5.26 Å². The molecule has 0 aliphatic heterocycles. The third-order valence-electron chi connectivity index (χ3n) is 5.04. The molecule has 32 heavy (non-hydrogen) atoms.